The molecule has 7 nitrogen and oxygen atoms in total. The molecule has 0 aliphatic carbocycles. The molecule has 0 spiro atoms. The molecule has 45 heavy (non-hydrogen) atoms. The largest absolute Gasteiger partial charge is 0.494 e. The summed E-state index contributed by atoms with van der Waals surface area (Å²) in [4.78, 5) is 14.6. The lowest BCUT2D eigenvalue weighted by molar-refractivity contribution is -0.118. The molecule has 1 N–H and O–H groups in total. The lowest BCUT2D eigenvalue weighted by Gasteiger charge is -2.33. The predicted molar refractivity (Wildman–Crippen MR) is 180 cm³/mol. The Hall–Kier alpha value is -3.65. The van der Waals surface area contributed by atoms with Gasteiger partial charge in [-0.3, -0.25) is 4.79 Å². The molecule has 2 atom stereocenters. The molecule has 3 aromatic carbocycles. The van der Waals surface area contributed by atoms with Crippen LogP contribution in [0.2, 0.25) is 0 Å². The molecular weight excluding hydrogens is 562 g/mol. The molecule has 2 aliphatic heterocycles. The van der Waals surface area contributed by atoms with Gasteiger partial charge in [0.2, 0.25) is 5.91 Å². The number of benzene rings is 3. The average Bonchev–Trinajstić information content (AvgIpc) is 3.40. The predicted octanol–water partition coefficient (Wildman–Crippen LogP) is 6.79. The Kier molecular flexibility index (Phi) is 10.5. The molecule has 0 saturated carbocycles. The highest BCUT2D eigenvalue weighted by Crippen LogP contribution is 2.32. The first-order valence-electron chi connectivity index (χ1n) is 16.6. The van der Waals surface area contributed by atoms with Gasteiger partial charge < -0.3 is 29.0 Å². The van der Waals surface area contributed by atoms with E-state index in [0.29, 0.717) is 38.7 Å². The molecule has 1 amide bonds. The van der Waals surface area contributed by atoms with Crippen molar-refractivity contribution in [1.82, 2.24) is 9.88 Å². The van der Waals surface area contributed by atoms with Gasteiger partial charge in [-0.1, -0.05) is 42.5 Å². The summed E-state index contributed by atoms with van der Waals surface area (Å²) in [7, 11) is 1.70. The zero-order chi connectivity index (χ0) is 31.0. The SMILES string of the molecule is COCCCN1C(=O)CCc2ccc(CO[C@H]3CNCC[C@@H]3c3ccc(OCCCCn4cc(C)c5ccccc54)cc3)cc21. The quantitative estimate of drug-likeness (QED) is 0.160. The van der Waals surface area contributed by atoms with Gasteiger partial charge in [0.25, 0.3) is 0 Å². The average molecular weight is 610 g/mol. The summed E-state index contributed by atoms with van der Waals surface area (Å²) < 4.78 is 20.3. The number of aromatic nitrogens is 1. The maximum absolute atomic E-state index is 12.7. The number of hydrogen-bond donors (Lipinski definition) is 1. The van der Waals surface area contributed by atoms with E-state index in [9.17, 15) is 4.79 Å². The highest BCUT2D eigenvalue weighted by Gasteiger charge is 2.28. The van der Waals surface area contributed by atoms with Crippen molar-refractivity contribution in [2.75, 3.05) is 44.9 Å². The molecule has 1 saturated heterocycles. The summed E-state index contributed by atoms with van der Waals surface area (Å²) >= 11 is 0. The summed E-state index contributed by atoms with van der Waals surface area (Å²) in [5.41, 5.74) is 7.31. The van der Waals surface area contributed by atoms with Crippen LogP contribution in [0.15, 0.2) is 72.9 Å². The molecule has 2 aliphatic rings. The van der Waals surface area contributed by atoms with Gasteiger partial charge in [0.05, 0.1) is 19.3 Å². The molecule has 7 heteroatoms. The van der Waals surface area contributed by atoms with Crippen LogP contribution in [0.25, 0.3) is 10.9 Å². The third-order valence-electron chi connectivity index (χ3n) is 9.33. The summed E-state index contributed by atoms with van der Waals surface area (Å²) in [5, 5.41) is 4.86. The fraction of sp³-hybridized carbons (Fsp3) is 0.447. The van der Waals surface area contributed by atoms with Crippen LogP contribution in [0.3, 0.4) is 0 Å². The first-order valence-corrected chi connectivity index (χ1v) is 16.6. The maximum atomic E-state index is 12.7. The van der Waals surface area contributed by atoms with Gasteiger partial charge in [-0.05, 0) is 92.1 Å². The first kappa shape index (κ1) is 31.3. The third kappa shape index (κ3) is 7.60. The van der Waals surface area contributed by atoms with Crippen LogP contribution >= 0.6 is 0 Å². The number of aryl methyl sites for hydroxylation is 3. The number of fused-ring (bicyclic) bond motifs is 2. The monoisotopic (exact) mass is 609 g/mol. The van der Waals surface area contributed by atoms with Gasteiger partial charge >= 0.3 is 0 Å². The number of amides is 1. The van der Waals surface area contributed by atoms with Gasteiger partial charge in [0.1, 0.15) is 5.75 Å². The first-order chi connectivity index (χ1) is 22.1. The number of hydrogen-bond acceptors (Lipinski definition) is 5. The zero-order valence-corrected chi connectivity index (χ0v) is 26.8. The fourth-order valence-electron chi connectivity index (χ4n) is 6.88. The number of unbranched alkanes of at least 4 members (excludes halogenated alkanes) is 1. The lowest BCUT2D eigenvalue weighted by Crippen LogP contribution is -2.41. The second kappa shape index (κ2) is 15.1. The number of ether oxygens (including phenoxy) is 3. The van der Waals surface area contributed by atoms with E-state index < -0.39 is 0 Å². The Morgan fingerprint density at radius 3 is 2.67 bits per heavy atom. The summed E-state index contributed by atoms with van der Waals surface area (Å²) in [6, 6.07) is 23.7. The van der Waals surface area contributed by atoms with E-state index in [-0.39, 0.29) is 12.0 Å². The molecule has 3 heterocycles. The fourth-order valence-corrected chi connectivity index (χ4v) is 6.88. The van der Waals surface area contributed by atoms with Gasteiger partial charge in [-0.2, -0.15) is 0 Å². The van der Waals surface area contributed by atoms with Crippen LogP contribution in [0.1, 0.15) is 60.3 Å². The molecular formula is C38H47N3O4. The third-order valence-corrected chi connectivity index (χ3v) is 9.33. The molecule has 4 aromatic rings. The van der Waals surface area contributed by atoms with Crippen molar-refractivity contribution in [2.24, 2.45) is 0 Å². The van der Waals surface area contributed by atoms with Gasteiger partial charge in [0.15, 0.2) is 0 Å². The van der Waals surface area contributed by atoms with Crippen molar-refractivity contribution in [3.05, 3.63) is 95.2 Å². The number of carbonyl (C=O) groups excluding carboxylic acids is 1. The maximum Gasteiger partial charge on any atom is 0.227 e. The smallest absolute Gasteiger partial charge is 0.227 e. The molecule has 0 radical (unpaired) electrons. The van der Waals surface area contributed by atoms with Crippen molar-refractivity contribution in [3.63, 3.8) is 0 Å². The van der Waals surface area contributed by atoms with Crippen molar-refractivity contribution in [1.29, 1.82) is 0 Å². The Balaban J connectivity index is 1.00. The van der Waals surface area contributed by atoms with Crippen LogP contribution in [0, 0.1) is 6.92 Å². The van der Waals surface area contributed by atoms with Crippen LogP contribution < -0.4 is 15.0 Å². The molecule has 1 fully saturated rings. The molecule has 6 rings (SSSR count). The number of carbonyl (C=O) groups is 1. The van der Waals surface area contributed by atoms with Crippen molar-refractivity contribution in [2.45, 2.75) is 70.6 Å². The van der Waals surface area contributed by atoms with Crippen molar-refractivity contribution < 1.29 is 19.0 Å². The normalized spacial score (nSPS) is 18.4. The molecule has 1 aromatic heterocycles. The molecule has 238 valence electrons. The minimum atomic E-state index is 0.0781. The van der Waals surface area contributed by atoms with E-state index in [1.54, 1.807) is 7.11 Å². The number of nitrogens with zero attached hydrogens (tertiary/aromatic N) is 2. The minimum Gasteiger partial charge on any atom is -0.494 e. The Bertz CT molecular complexity index is 1560. The Labute approximate surface area is 267 Å². The summed E-state index contributed by atoms with van der Waals surface area (Å²) in [5.74, 6) is 1.44. The van der Waals surface area contributed by atoms with Crippen LogP contribution in [-0.2, 0) is 33.8 Å². The van der Waals surface area contributed by atoms with E-state index in [1.165, 1.54) is 27.6 Å². The minimum absolute atomic E-state index is 0.0781. The molecule has 0 bridgehead atoms. The highest BCUT2D eigenvalue weighted by molar-refractivity contribution is 5.96. The van der Waals surface area contributed by atoms with Crippen LogP contribution in [0.4, 0.5) is 5.69 Å². The van der Waals surface area contributed by atoms with Crippen molar-refractivity contribution >= 4 is 22.5 Å². The number of anilines is 1. The van der Waals surface area contributed by atoms with E-state index in [2.05, 4.69) is 89.7 Å². The highest BCUT2D eigenvalue weighted by atomic mass is 16.5. The van der Waals surface area contributed by atoms with E-state index in [4.69, 9.17) is 14.2 Å². The lowest BCUT2D eigenvalue weighted by atomic mass is 9.87. The Morgan fingerprint density at radius 2 is 1.80 bits per heavy atom. The van der Waals surface area contributed by atoms with Gasteiger partial charge in [-0.15, -0.1) is 0 Å². The number of piperidine rings is 1. The number of methoxy groups -OCH3 is 1. The number of rotatable bonds is 14. The topological polar surface area (TPSA) is 65.0 Å². The van der Waals surface area contributed by atoms with Crippen LogP contribution in [0.5, 0.6) is 5.75 Å². The van der Waals surface area contributed by atoms with E-state index in [0.717, 1.165) is 68.7 Å². The summed E-state index contributed by atoms with van der Waals surface area (Å²) in [6.45, 7) is 7.57. The second-order valence-corrected chi connectivity index (χ2v) is 12.5. The Morgan fingerprint density at radius 1 is 0.933 bits per heavy atom. The standard InChI is InChI=1S/C38H47N3O4/c1-28-26-40(35-9-4-3-8-33(28)35)20-5-6-23-44-32-15-12-30(13-16-32)34-18-19-39-25-37(34)45-27-29-10-11-31-14-17-38(42)41(36(31)24-29)21-7-22-43-2/h3-4,8-13,15-16,24,26,34,37,39H,5-7,14,17-23,25,27H2,1-2H3/t34-,37+/m1/s1. The van der Waals surface area contributed by atoms with Gasteiger partial charge in [-0.25, -0.2) is 0 Å². The van der Waals surface area contributed by atoms with E-state index in [1.807, 2.05) is 4.90 Å². The van der Waals surface area contributed by atoms with Gasteiger partial charge in [0, 0.05) is 68.5 Å². The second-order valence-electron chi connectivity index (χ2n) is 12.5. The zero-order valence-electron chi connectivity index (χ0n) is 26.8. The van der Waals surface area contributed by atoms with E-state index >= 15 is 0 Å². The molecule has 0 unspecified atom stereocenters. The summed E-state index contributed by atoms with van der Waals surface area (Å²) in [6.07, 6.45) is 7.66. The number of nitrogens with one attached hydrogen (secondary N) is 1. The van der Waals surface area contributed by atoms with Crippen LogP contribution in [-0.4, -0.2) is 56.5 Å². The number of para-hydroxylation sites is 1. The van der Waals surface area contributed by atoms with Crippen molar-refractivity contribution in [3.8, 4) is 5.75 Å².